The maximum absolute atomic E-state index is 12.9. The average molecular weight is 254 g/mol. The van der Waals surface area contributed by atoms with Crippen LogP contribution in [0.1, 0.15) is 11.7 Å². The van der Waals surface area contributed by atoms with Gasteiger partial charge in [0.2, 0.25) is 0 Å². The minimum atomic E-state index is -5.03. The number of aliphatic carboxylic acids is 1. The summed E-state index contributed by atoms with van der Waals surface area (Å²) in [6, 6.07) is 1.61. The normalized spacial score (nSPS) is 13.2. The quantitative estimate of drug-likeness (QED) is 0.808. The summed E-state index contributed by atoms with van der Waals surface area (Å²) >= 11 is 0. The van der Waals surface area contributed by atoms with Gasteiger partial charge in [0, 0.05) is 6.07 Å². The summed E-state index contributed by atoms with van der Waals surface area (Å²) < 4.78 is 51.8. The molecule has 0 spiro atoms. The molecule has 1 rings (SSSR count). The number of hydrogen-bond acceptors (Lipinski definition) is 3. The lowest BCUT2D eigenvalue weighted by Gasteiger charge is -2.11. The number of hydrogen-bond donors (Lipinski definition) is 2. The predicted molar refractivity (Wildman–Crippen MR) is 45.7 cm³/mol. The fraction of sp³-hybridized carbons (Fsp3) is 0.222. The second kappa shape index (κ2) is 4.58. The SMILES string of the molecule is O=C(O)C(O)c1cc(F)cc(OC(F)(F)F)c1. The second-order valence-electron chi connectivity index (χ2n) is 3.01. The van der Waals surface area contributed by atoms with Gasteiger partial charge in [-0.25, -0.2) is 9.18 Å². The van der Waals surface area contributed by atoms with E-state index < -0.39 is 35.6 Å². The number of halogens is 4. The standard InChI is InChI=1S/C9H6F4O4/c10-5-1-4(7(14)8(15)16)2-6(3-5)17-9(11,12)13/h1-3,7,14H,(H,15,16). The fourth-order valence-electron chi connectivity index (χ4n) is 1.08. The van der Waals surface area contributed by atoms with Gasteiger partial charge in [0.15, 0.2) is 6.10 Å². The van der Waals surface area contributed by atoms with E-state index in [1.165, 1.54) is 0 Å². The molecular weight excluding hydrogens is 248 g/mol. The molecular formula is C9H6F4O4. The Balaban J connectivity index is 3.06. The van der Waals surface area contributed by atoms with Gasteiger partial charge in [0.05, 0.1) is 0 Å². The molecule has 4 nitrogen and oxygen atoms in total. The summed E-state index contributed by atoms with van der Waals surface area (Å²) in [6.07, 6.45) is -7.15. The predicted octanol–water partition coefficient (Wildman–Crippen LogP) is 1.84. The molecule has 1 aromatic carbocycles. The molecule has 0 saturated carbocycles. The van der Waals surface area contributed by atoms with E-state index in [0.717, 1.165) is 0 Å². The van der Waals surface area contributed by atoms with Gasteiger partial charge in [-0.1, -0.05) is 0 Å². The molecule has 0 aliphatic rings. The molecule has 0 heterocycles. The Kier molecular flexibility index (Phi) is 3.56. The summed E-state index contributed by atoms with van der Waals surface area (Å²) in [5, 5.41) is 17.5. The second-order valence-corrected chi connectivity index (χ2v) is 3.01. The number of ether oxygens (including phenoxy) is 1. The summed E-state index contributed by atoms with van der Waals surface area (Å²) in [6.45, 7) is 0. The minimum Gasteiger partial charge on any atom is -0.479 e. The number of rotatable bonds is 3. The molecule has 0 aliphatic carbocycles. The Hall–Kier alpha value is -1.83. The van der Waals surface area contributed by atoms with Gasteiger partial charge in [-0.15, -0.1) is 13.2 Å². The first-order chi connectivity index (χ1) is 7.69. The third-order valence-corrected chi connectivity index (χ3v) is 1.68. The molecule has 1 atom stereocenters. The zero-order chi connectivity index (χ0) is 13.2. The van der Waals surface area contributed by atoms with Crippen LogP contribution in [0.5, 0.6) is 5.75 Å². The Bertz CT molecular complexity index is 429. The third-order valence-electron chi connectivity index (χ3n) is 1.68. The van der Waals surface area contributed by atoms with E-state index in [-0.39, 0.29) is 0 Å². The van der Waals surface area contributed by atoms with Crippen LogP contribution >= 0.6 is 0 Å². The van der Waals surface area contributed by atoms with Crippen LogP contribution < -0.4 is 4.74 Å². The lowest BCUT2D eigenvalue weighted by Crippen LogP contribution is -2.18. The molecule has 0 saturated heterocycles. The molecule has 0 amide bonds. The number of alkyl halides is 3. The van der Waals surface area contributed by atoms with E-state index in [4.69, 9.17) is 10.2 Å². The topological polar surface area (TPSA) is 66.8 Å². The van der Waals surface area contributed by atoms with E-state index in [0.29, 0.717) is 18.2 Å². The van der Waals surface area contributed by atoms with Gasteiger partial charge in [-0.05, 0) is 17.7 Å². The molecule has 0 radical (unpaired) electrons. The van der Waals surface area contributed by atoms with Crippen LogP contribution in [0.3, 0.4) is 0 Å². The molecule has 8 heteroatoms. The molecule has 0 aliphatic heterocycles. The highest BCUT2D eigenvalue weighted by molar-refractivity contribution is 5.74. The molecule has 2 N–H and O–H groups in total. The Morgan fingerprint density at radius 1 is 1.29 bits per heavy atom. The molecule has 0 aromatic heterocycles. The van der Waals surface area contributed by atoms with Gasteiger partial charge in [-0.2, -0.15) is 0 Å². The Labute approximate surface area is 92.1 Å². The minimum absolute atomic E-state index is 0.422. The van der Waals surface area contributed by atoms with E-state index in [1.54, 1.807) is 0 Å². The van der Waals surface area contributed by atoms with Crippen molar-refractivity contribution in [2.24, 2.45) is 0 Å². The van der Waals surface area contributed by atoms with E-state index >= 15 is 0 Å². The third kappa shape index (κ3) is 3.91. The summed E-state index contributed by atoms with van der Waals surface area (Å²) in [5.74, 6) is -3.80. The number of carbonyl (C=O) groups is 1. The van der Waals surface area contributed by atoms with Crippen LogP contribution in [0.15, 0.2) is 18.2 Å². The van der Waals surface area contributed by atoms with Gasteiger partial charge < -0.3 is 14.9 Å². The Morgan fingerprint density at radius 3 is 2.35 bits per heavy atom. The van der Waals surface area contributed by atoms with Crippen molar-refractivity contribution in [2.75, 3.05) is 0 Å². The van der Waals surface area contributed by atoms with Gasteiger partial charge in [-0.3, -0.25) is 0 Å². The molecule has 0 bridgehead atoms. The van der Waals surface area contributed by atoms with Crippen LogP contribution in [0.2, 0.25) is 0 Å². The number of carboxylic acid groups (broad SMARTS) is 1. The lowest BCUT2D eigenvalue weighted by atomic mass is 10.1. The van der Waals surface area contributed by atoms with E-state index in [1.807, 2.05) is 0 Å². The largest absolute Gasteiger partial charge is 0.573 e. The maximum Gasteiger partial charge on any atom is 0.573 e. The first-order valence-electron chi connectivity index (χ1n) is 4.16. The summed E-state index contributed by atoms with van der Waals surface area (Å²) in [7, 11) is 0. The average Bonchev–Trinajstić information content (AvgIpc) is 2.12. The zero-order valence-corrected chi connectivity index (χ0v) is 8.03. The first kappa shape index (κ1) is 13.2. The van der Waals surface area contributed by atoms with Crippen molar-refractivity contribution in [1.29, 1.82) is 0 Å². The number of carboxylic acids is 1. The van der Waals surface area contributed by atoms with Crippen LogP contribution in [-0.2, 0) is 4.79 Å². The lowest BCUT2D eigenvalue weighted by molar-refractivity contribution is -0.274. The van der Waals surface area contributed by atoms with Gasteiger partial charge in [0.25, 0.3) is 0 Å². The van der Waals surface area contributed by atoms with Crippen molar-refractivity contribution in [3.05, 3.63) is 29.6 Å². The number of benzene rings is 1. The van der Waals surface area contributed by atoms with Crippen molar-refractivity contribution < 1.29 is 37.3 Å². The highest BCUT2D eigenvalue weighted by Gasteiger charge is 2.31. The Morgan fingerprint density at radius 2 is 1.88 bits per heavy atom. The van der Waals surface area contributed by atoms with Gasteiger partial charge in [0.1, 0.15) is 11.6 Å². The smallest absolute Gasteiger partial charge is 0.479 e. The molecule has 1 aromatic rings. The molecule has 17 heavy (non-hydrogen) atoms. The van der Waals surface area contributed by atoms with Crippen LogP contribution in [0.4, 0.5) is 17.6 Å². The van der Waals surface area contributed by atoms with E-state index in [2.05, 4.69) is 4.74 Å². The highest BCUT2D eigenvalue weighted by atomic mass is 19.4. The van der Waals surface area contributed by atoms with Crippen LogP contribution in [0.25, 0.3) is 0 Å². The number of aliphatic hydroxyl groups excluding tert-OH is 1. The number of aliphatic hydroxyl groups is 1. The zero-order valence-electron chi connectivity index (χ0n) is 8.03. The van der Waals surface area contributed by atoms with Crippen molar-refractivity contribution in [2.45, 2.75) is 12.5 Å². The van der Waals surface area contributed by atoms with Crippen molar-refractivity contribution in [3.63, 3.8) is 0 Å². The molecule has 94 valence electrons. The maximum atomic E-state index is 12.9. The highest BCUT2D eigenvalue weighted by Crippen LogP contribution is 2.27. The van der Waals surface area contributed by atoms with Crippen molar-refractivity contribution in [1.82, 2.24) is 0 Å². The van der Waals surface area contributed by atoms with E-state index in [9.17, 15) is 22.4 Å². The first-order valence-corrected chi connectivity index (χ1v) is 4.16. The van der Waals surface area contributed by atoms with Crippen LogP contribution in [-0.4, -0.2) is 22.5 Å². The summed E-state index contributed by atoms with van der Waals surface area (Å²) in [5.41, 5.74) is -0.545. The molecule has 0 fully saturated rings. The molecule has 1 unspecified atom stereocenters. The van der Waals surface area contributed by atoms with Gasteiger partial charge >= 0.3 is 12.3 Å². The van der Waals surface area contributed by atoms with Crippen molar-refractivity contribution in [3.8, 4) is 5.75 Å². The van der Waals surface area contributed by atoms with Crippen molar-refractivity contribution >= 4 is 5.97 Å². The summed E-state index contributed by atoms with van der Waals surface area (Å²) in [4.78, 5) is 10.4. The fourth-order valence-corrected chi connectivity index (χ4v) is 1.08. The monoisotopic (exact) mass is 254 g/mol. The van der Waals surface area contributed by atoms with Crippen LogP contribution in [0, 0.1) is 5.82 Å².